The van der Waals surface area contributed by atoms with Crippen LogP contribution in [0, 0.1) is 0 Å². The first-order valence-corrected chi connectivity index (χ1v) is 18.6. The maximum absolute atomic E-state index is 7.88. The molecule has 0 aliphatic carbocycles. The van der Waals surface area contributed by atoms with Crippen LogP contribution in [0.3, 0.4) is 0 Å². The zero-order valence-corrected chi connectivity index (χ0v) is 21.6. The van der Waals surface area contributed by atoms with Crippen LogP contribution in [-0.2, 0) is 75.8 Å². The van der Waals surface area contributed by atoms with E-state index in [4.69, 9.17) is 30.7 Å². The van der Waals surface area contributed by atoms with Crippen molar-refractivity contribution in [2.75, 3.05) is 33.5 Å². The summed E-state index contributed by atoms with van der Waals surface area (Å²) in [5.74, 6) is 0. The van der Waals surface area contributed by atoms with E-state index >= 15 is 0 Å². The molecule has 0 heterocycles. The molecule has 0 aromatic carbocycles. The standard InChI is InChI=1S/C6H15O3PS2.C3H8O.CH4.P2S5/c1-3-4-8-10(11,12)9-6-5-7-2;1-2-3-4;;3-1-2-5-7-6-4/h3-6H2,1-2H3,(H,11,12);4H,2-3H2,1H3;1H4;. The van der Waals surface area contributed by atoms with Crippen LogP contribution in [-0.4, -0.2) is 38.6 Å². The summed E-state index contributed by atoms with van der Waals surface area (Å²) in [6, 6.07) is 0. The molecule has 0 saturated heterocycles. The molecule has 0 aliphatic rings. The van der Waals surface area contributed by atoms with Gasteiger partial charge in [0.1, 0.15) is 0 Å². The fourth-order valence-electron chi connectivity index (χ4n) is 0.520. The van der Waals surface area contributed by atoms with Gasteiger partial charge in [0.2, 0.25) is 5.69 Å². The molecule has 1 unspecified atom stereocenters. The van der Waals surface area contributed by atoms with Gasteiger partial charge in [0.05, 0.1) is 19.8 Å². The lowest BCUT2D eigenvalue weighted by Crippen LogP contribution is -2.00. The van der Waals surface area contributed by atoms with Crippen LogP contribution in [0.4, 0.5) is 0 Å². The molecule has 0 aromatic heterocycles. The number of ether oxygens (including phenoxy) is 1. The second-order valence-electron chi connectivity index (χ2n) is 3.23. The average Bonchev–Trinajstić information content (AvgIpc) is 2.54. The molecule has 0 spiro atoms. The predicted molar refractivity (Wildman–Crippen MR) is 132 cm³/mol. The van der Waals surface area contributed by atoms with E-state index in [-0.39, 0.29) is 7.43 Å². The van der Waals surface area contributed by atoms with Gasteiger partial charge in [-0.15, -0.1) is 0 Å². The average molecular weight is 529 g/mol. The molecule has 0 aromatic rings. The van der Waals surface area contributed by atoms with E-state index in [9.17, 15) is 0 Å². The van der Waals surface area contributed by atoms with Crippen molar-refractivity contribution in [3.05, 3.63) is 0 Å². The number of methoxy groups -OCH3 is 1. The summed E-state index contributed by atoms with van der Waals surface area (Å²) in [6.45, 7) is 5.83. The molecule has 0 radical (unpaired) electrons. The van der Waals surface area contributed by atoms with Crippen LogP contribution >= 0.6 is 32.0 Å². The van der Waals surface area contributed by atoms with Crippen molar-refractivity contribution in [3.63, 3.8) is 0 Å². The second-order valence-corrected chi connectivity index (χ2v) is 18.2. The smallest absolute Gasteiger partial charge is 0.244 e. The summed E-state index contributed by atoms with van der Waals surface area (Å²) in [7, 11) is 8.43. The molecule has 0 rings (SSSR count). The summed E-state index contributed by atoms with van der Waals surface area (Å²) in [4.78, 5) is 0. The van der Waals surface area contributed by atoms with E-state index in [2.05, 4.69) is 35.2 Å². The largest absolute Gasteiger partial charge is 0.396 e. The Balaban J connectivity index is -0.000000142. The van der Waals surface area contributed by atoms with Crippen LogP contribution in [0.2, 0.25) is 0 Å². The molecular weight excluding hydrogens is 501 g/mol. The number of rotatable bonds is 9. The highest BCUT2D eigenvalue weighted by atomic mass is 33.3. The number of hydrogen-bond donors (Lipinski definition) is 2. The minimum Gasteiger partial charge on any atom is -0.396 e. The van der Waals surface area contributed by atoms with E-state index in [1.165, 1.54) is 15.9 Å². The Kier molecular flexibility index (Phi) is 43.0. The lowest BCUT2D eigenvalue weighted by atomic mass is 10.5. The highest BCUT2D eigenvalue weighted by Crippen LogP contribution is 2.53. The molecule has 148 valence electrons. The van der Waals surface area contributed by atoms with Crippen molar-refractivity contribution in [1.29, 1.82) is 0 Å². The predicted octanol–water partition coefficient (Wildman–Crippen LogP) is 4.97. The van der Waals surface area contributed by atoms with Gasteiger partial charge in [-0.1, -0.05) is 33.5 Å². The fraction of sp³-hybridized carbons (Fsp3) is 1.00. The summed E-state index contributed by atoms with van der Waals surface area (Å²) in [5, 5.41) is 7.88. The quantitative estimate of drug-likeness (QED) is 0.249. The van der Waals surface area contributed by atoms with Crippen LogP contribution in [0.15, 0.2) is 0 Å². The van der Waals surface area contributed by atoms with Crippen LogP contribution in [0.25, 0.3) is 0 Å². The summed E-state index contributed by atoms with van der Waals surface area (Å²) >= 11 is 18.3. The highest BCUT2D eigenvalue weighted by Gasteiger charge is 2.11. The molecule has 14 heteroatoms. The van der Waals surface area contributed by atoms with Crippen molar-refractivity contribution < 1.29 is 18.9 Å². The van der Waals surface area contributed by atoms with Gasteiger partial charge in [-0.05, 0) is 74.9 Å². The van der Waals surface area contributed by atoms with Crippen molar-refractivity contribution in [2.45, 2.75) is 34.1 Å². The van der Waals surface area contributed by atoms with E-state index < -0.39 is 5.69 Å². The molecule has 0 fully saturated rings. The Morgan fingerprint density at radius 1 is 1.17 bits per heavy atom. The monoisotopic (exact) mass is 528 g/mol. The van der Waals surface area contributed by atoms with E-state index in [0.29, 0.717) is 26.4 Å². The molecule has 1 N–H and O–H groups in total. The third-order valence-electron chi connectivity index (χ3n) is 1.35. The molecule has 0 bridgehead atoms. The van der Waals surface area contributed by atoms with E-state index in [0.717, 1.165) is 19.9 Å². The lowest BCUT2D eigenvalue weighted by molar-refractivity contribution is 0.143. The fourth-order valence-corrected chi connectivity index (χ4v) is 11.8. The maximum Gasteiger partial charge on any atom is 0.244 e. The Labute approximate surface area is 179 Å². The van der Waals surface area contributed by atoms with Crippen molar-refractivity contribution in [1.82, 2.24) is 0 Å². The topological polar surface area (TPSA) is 47.9 Å². The number of hydrogen-bond acceptors (Lipinski definition) is 7. The number of aliphatic hydroxyl groups is 1. The van der Waals surface area contributed by atoms with Gasteiger partial charge >= 0.3 is 0 Å². The van der Waals surface area contributed by atoms with Crippen molar-refractivity contribution >= 4 is 94.1 Å². The third-order valence-corrected chi connectivity index (χ3v) is 13.7. The highest BCUT2D eigenvalue weighted by molar-refractivity contribution is 8.63. The molecule has 0 saturated carbocycles. The minimum absolute atomic E-state index is 0. The van der Waals surface area contributed by atoms with Gasteiger partial charge in [0.25, 0.3) is 0 Å². The number of aliphatic hydroxyl groups excluding tert-OH is 1. The molecule has 24 heavy (non-hydrogen) atoms. The molecule has 4 nitrogen and oxygen atoms in total. The first kappa shape index (κ1) is 34.1. The first-order valence-electron chi connectivity index (χ1n) is 6.32. The van der Waals surface area contributed by atoms with Gasteiger partial charge in [-0.3, -0.25) is 0 Å². The maximum atomic E-state index is 7.88. The second kappa shape index (κ2) is 30.3. The summed E-state index contributed by atoms with van der Waals surface area (Å²) in [5.41, 5.74) is -2.29. The van der Waals surface area contributed by atoms with Crippen molar-refractivity contribution in [2.24, 2.45) is 0 Å². The molecular formula is C10H27O4P3S7. The van der Waals surface area contributed by atoms with Gasteiger partial charge in [-0.2, -0.15) is 0 Å². The van der Waals surface area contributed by atoms with Crippen LogP contribution in [0.1, 0.15) is 34.1 Å². The molecule has 1 atom stereocenters. The zero-order valence-electron chi connectivity index (χ0n) is 13.2. The van der Waals surface area contributed by atoms with Gasteiger partial charge in [0.15, 0.2) is 0 Å². The van der Waals surface area contributed by atoms with Gasteiger partial charge in [-0.25, -0.2) is 0 Å². The number of thiol groups is 1. The summed E-state index contributed by atoms with van der Waals surface area (Å²) in [6.07, 6.45) is 1.80. The van der Waals surface area contributed by atoms with Gasteiger partial charge < -0.3 is 18.9 Å². The Hall–Kier alpha value is 2.54. The van der Waals surface area contributed by atoms with Gasteiger partial charge in [0, 0.05) is 27.8 Å². The lowest BCUT2D eigenvalue weighted by Gasteiger charge is -2.15. The van der Waals surface area contributed by atoms with E-state index in [1.807, 2.05) is 13.8 Å². The Bertz CT molecular complexity index is 434. The van der Waals surface area contributed by atoms with Crippen molar-refractivity contribution in [3.8, 4) is 0 Å². The summed E-state index contributed by atoms with van der Waals surface area (Å²) < 4.78 is 15.3. The minimum atomic E-state index is -2.29. The SMILES string of the molecule is C.CCCO.CCCOP(=S)(S)OCCOC.S=PP=S=S=S=S. The molecule has 0 aliphatic heterocycles. The normalized spacial score (nSPS) is 11.7. The Morgan fingerprint density at radius 3 is 2.08 bits per heavy atom. The zero-order chi connectivity index (χ0) is 18.4. The molecule has 0 amide bonds. The van der Waals surface area contributed by atoms with Crippen LogP contribution < -0.4 is 0 Å². The first-order chi connectivity index (χ1) is 10.9. The third kappa shape index (κ3) is 39.6. The Morgan fingerprint density at radius 2 is 1.71 bits per heavy atom. The van der Waals surface area contributed by atoms with E-state index in [1.54, 1.807) is 25.5 Å². The van der Waals surface area contributed by atoms with Crippen LogP contribution in [0.5, 0.6) is 0 Å².